The van der Waals surface area contributed by atoms with Crippen molar-refractivity contribution in [2.24, 2.45) is 0 Å². The van der Waals surface area contributed by atoms with E-state index in [1.54, 1.807) is 24.3 Å². The normalized spacial score (nSPS) is 11.2. The maximum atomic E-state index is 13.1. The monoisotopic (exact) mass is 369 g/mol. The van der Waals surface area contributed by atoms with E-state index in [0.717, 1.165) is 22.4 Å². The standard InChI is InChI=1S/C25H23NO2/c1-17-4-10-20(11-5-17)24(27)16-23(26-22-14-8-19(3)9-15-22)25(28)21-12-6-18(2)7-13-21/h4-16,26H,1-3H3/b23-16-. The van der Waals surface area contributed by atoms with Crippen molar-refractivity contribution in [3.05, 3.63) is 112 Å². The summed E-state index contributed by atoms with van der Waals surface area (Å²) in [6.07, 6.45) is 1.38. The van der Waals surface area contributed by atoms with Gasteiger partial charge in [-0.15, -0.1) is 0 Å². The summed E-state index contributed by atoms with van der Waals surface area (Å²) in [4.78, 5) is 25.8. The van der Waals surface area contributed by atoms with Crippen LogP contribution < -0.4 is 5.32 Å². The predicted molar refractivity (Wildman–Crippen MR) is 114 cm³/mol. The summed E-state index contributed by atoms with van der Waals surface area (Å²) in [5, 5.41) is 3.12. The highest BCUT2D eigenvalue weighted by atomic mass is 16.1. The van der Waals surface area contributed by atoms with Crippen LogP contribution in [0.15, 0.2) is 84.6 Å². The van der Waals surface area contributed by atoms with Gasteiger partial charge in [0.2, 0.25) is 5.78 Å². The number of aryl methyl sites for hydroxylation is 3. The van der Waals surface area contributed by atoms with E-state index in [2.05, 4.69) is 5.32 Å². The van der Waals surface area contributed by atoms with Gasteiger partial charge in [0.1, 0.15) is 0 Å². The van der Waals surface area contributed by atoms with Crippen LogP contribution in [0.4, 0.5) is 5.69 Å². The zero-order valence-electron chi connectivity index (χ0n) is 16.3. The Labute approximate surface area is 165 Å². The maximum absolute atomic E-state index is 13.1. The number of anilines is 1. The highest BCUT2D eigenvalue weighted by molar-refractivity contribution is 6.16. The molecule has 3 heteroatoms. The molecule has 0 radical (unpaired) electrons. The summed E-state index contributed by atoms with van der Waals surface area (Å²) in [6, 6.07) is 22.3. The number of ketones is 2. The van der Waals surface area contributed by atoms with E-state index in [1.165, 1.54) is 6.08 Å². The summed E-state index contributed by atoms with van der Waals surface area (Å²) in [5.74, 6) is -0.434. The van der Waals surface area contributed by atoms with Crippen LogP contribution in [0, 0.1) is 20.8 Å². The van der Waals surface area contributed by atoms with Crippen LogP contribution in [0.5, 0.6) is 0 Å². The molecule has 0 bridgehead atoms. The quantitative estimate of drug-likeness (QED) is 0.449. The number of carbonyl (C=O) groups is 2. The molecule has 0 saturated carbocycles. The predicted octanol–water partition coefficient (Wildman–Crippen LogP) is 5.67. The third-order valence-corrected chi connectivity index (χ3v) is 4.50. The van der Waals surface area contributed by atoms with Crippen LogP contribution in [0.25, 0.3) is 0 Å². The van der Waals surface area contributed by atoms with Crippen LogP contribution in [0.1, 0.15) is 37.4 Å². The minimum absolute atomic E-state index is 0.213. The van der Waals surface area contributed by atoms with Gasteiger partial charge in [-0.2, -0.15) is 0 Å². The first-order valence-corrected chi connectivity index (χ1v) is 9.20. The number of nitrogens with one attached hydrogen (secondary N) is 1. The number of hydrogen-bond donors (Lipinski definition) is 1. The Morgan fingerprint density at radius 2 is 1.07 bits per heavy atom. The lowest BCUT2D eigenvalue weighted by Crippen LogP contribution is -2.14. The van der Waals surface area contributed by atoms with Gasteiger partial charge in [0.05, 0.1) is 5.70 Å². The maximum Gasteiger partial charge on any atom is 0.209 e. The minimum Gasteiger partial charge on any atom is -0.352 e. The SMILES string of the molecule is Cc1ccc(N/C(=C\C(=O)c2ccc(C)cc2)C(=O)c2ccc(C)cc2)cc1. The van der Waals surface area contributed by atoms with Crippen molar-refractivity contribution in [3.63, 3.8) is 0 Å². The van der Waals surface area contributed by atoms with Crippen LogP contribution in [0.3, 0.4) is 0 Å². The Hall–Kier alpha value is -3.46. The average Bonchev–Trinajstić information content (AvgIpc) is 2.69. The third-order valence-electron chi connectivity index (χ3n) is 4.50. The molecule has 0 saturated heterocycles. The molecule has 0 aliphatic heterocycles. The molecule has 1 N–H and O–H groups in total. The van der Waals surface area contributed by atoms with Gasteiger partial charge in [-0.05, 0) is 32.9 Å². The lowest BCUT2D eigenvalue weighted by molar-refractivity contribution is 0.101. The first-order valence-electron chi connectivity index (χ1n) is 9.20. The van der Waals surface area contributed by atoms with Crippen molar-refractivity contribution in [2.45, 2.75) is 20.8 Å². The molecule has 3 aromatic carbocycles. The number of rotatable bonds is 6. The van der Waals surface area contributed by atoms with Gasteiger partial charge in [-0.25, -0.2) is 0 Å². The molecule has 3 nitrogen and oxygen atoms in total. The second-order valence-corrected chi connectivity index (χ2v) is 6.97. The lowest BCUT2D eigenvalue weighted by Gasteiger charge is -2.11. The molecule has 0 unspecified atom stereocenters. The Bertz CT molecular complexity index is 1010. The third kappa shape index (κ3) is 4.83. The summed E-state index contributed by atoms with van der Waals surface area (Å²) in [6.45, 7) is 5.94. The fraction of sp³-hybridized carbons (Fsp3) is 0.120. The molecule has 0 aliphatic carbocycles. The van der Waals surface area contributed by atoms with Crippen molar-refractivity contribution in [1.29, 1.82) is 0 Å². The summed E-state index contributed by atoms with van der Waals surface area (Å²) in [5.41, 5.74) is 5.36. The van der Waals surface area contributed by atoms with Gasteiger partial charge in [0.15, 0.2) is 5.78 Å². The topological polar surface area (TPSA) is 46.2 Å². The molecule has 0 fully saturated rings. The van der Waals surface area contributed by atoms with Crippen LogP contribution in [-0.2, 0) is 0 Å². The molecule has 3 rings (SSSR count). The molecular weight excluding hydrogens is 346 g/mol. The van der Waals surface area contributed by atoms with Gasteiger partial charge in [-0.1, -0.05) is 77.4 Å². The lowest BCUT2D eigenvalue weighted by atomic mass is 10.0. The van der Waals surface area contributed by atoms with Gasteiger partial charge >= 0.3 is 0 Å². The van der Waals surface area contributed by atoms with E-state index >= 15 is 0 Å². The van der Waals surface area contributed by atoms with Crippen molar-refractivity contribution >= 4 is 17.3 Å². The minimum atomic E-state index is -0.221. The molecule has 0 atom stereocenters. The smallest absolute Gasteiger partial charge is 0.209 e. The van der Waals surface area contributed by atoms with E-state index in [1.807, 2.05) is 69.3 Å². The van der Waals surface area contributed by atoms with Crippen LogP contribution >= 0.6 is 0 Å². The molecule has 3 aromatic rings. The first kappa shape index (κ1) is 19.3. The second-order valence-electron chi connectivity index (χ2n) is 6.97. The highest BCUT2D eigenvalue weighted by Gasteiger charge is 2.15. The summed E-state index contributed by atoms with van der Waals surface area (Å²) >= 11 is 0. The van der Waals surface area contributed by atoms with Crippen LogP contribution in [-0.4, -0.2) is 11.6 Å². The molecule has 0 amide bonds. The van der Waals surface area contributed by atoms with Gasteiger partial charge in [0.25, 0.3) is 0 Å². The number of Topliss-reactive ketones (excluding diaryl/α,β-unsaturated/α-hetero) is 1. The largest absolute Gasteiger partial charge is 0.352 e. The number of carbonyl (C=O) groups excluding carboxylic acids is 2. The van der Waals surface area contributed by atoms with Crippen molar-refractivity contribution in [3.8, 4) is 0 Å². The van der Waals surface area contributed by atoms with E-state index < -0.39 is 0 Å². The molecule has 140 valence electrons. The van der Waals surface area contributed by atoms with Gasteiger partial charge in [0, 0.05) is 22.9 Å². The van der Waals surface area contributed by atoms with E-state index in [9.17, 15) is 9.59 Å². The molecule has 0 spiro atoms. The molecule has 0 heterocycles. The number of allylic oxidation sites excluding steroid dienone is 2. The van der Waals surface area contributed by atoms with Gasteiger partial charge < -0.3 is 5.32 Å². The van der Waals surface area contributed by atoms with Crippen LogP contribution in [0.2, 0.25) is 0 Å². The van der Waals surface area contributed by atoms with Crippen molar-refractivity contribution < 1.29 is 9.59 Å². The summed E-state index contributed by atoms with van der Waals surface area (Å²) < 4.78 is 0. The van der Waals surface area contributed by atoms with E-state index in [0.29, 0.717) is 11.1 Å². The van der Waals surface area contributed by atoms with E-state index in [4.69, 9.17) is 0 Å². The fourth-order valence-electron chi connectivity index (χ4n) is 2.74. The molecule has 28 heavy (non-hydrogen) atoms. The van der Waals surface area contributed by atoms with Gasteiger partial charge in [-0.3, -0.25) is 9.59 Å². The number of hydrogen-bond acceptors (Lipinski definition) is 3. The molecule has 0 aliphatic rings. The van der Waals surface area contributed by atoms with Crippen molar-refractivity contribution in [2.75, 3.05) is 5.32 Å². The first-order chi connectivity index (χ1) is 13.4. The Morgan fingerprint density at radius 1 is 0.643 bits per heavy atom. The molecule has 0 aromatic heterocycles. The zero-order valence-corrected chi connectivity index (χ0v) is 16.3. The second kappa shape index (κ2) is 8.49. The Morgan fingerprint density at radius 3 is 1.57 bits per heavy atom. The van der Waals surface area contributed by atoms with Crippen molar-refractivity contribution in [1.82, 2.24) is 0 Å². The zero-order chi connectivity index (χ0) is 20.1. The Balaban J connectivity index is 1.96. The summed E-state index contributed by atoms with van der Waals surface area (Å²) in [7, 11) is 0. The Kier molecular flexibility index (Phi) is 5.85. The fourth-order valence-corrected chi connectivity index (χ4v) is 2.74. The highest BCUT2D eigenvalue weighted by Crippen LogP contribution is 2.17. The molecular formula is C25H23NO2. The average molecular weight is 369 g/mol. The van der Waals surface area contributed by atoms with E-state index in [-0.39, 0.29) is 17.3 Å². The number of benzene rings is 3.